The van der Waals surface area contributed by atoms with Crippen molar-refractivity contribution in [1.29, 1.82) is 0 Å². The van der Waals surface area contributed by atoms with E-state index in [-0.39, 0.29) is 18.4 Å². The number of fused-ring (bicyclic) bond motifs is 5. The van der Waals surface area contributed by atoms with Gasteiger partial charge in [0.15, 0.2) is 5.69 Å². The lowest BCUT2D eigenvalue weighted by molar-refractivity contribution is -0.294. The molecular formula is C29H34F6N4O6. The number of anilines is 1. The summed E-state index contributed by atoms with van der Waals surface area (Å²) < 4.78 is 109. The van der Waals surface area contributed by atoms with Crippen molar-refractivity contribution in [3.8, 4) is 17.5 Å². The Morgan fingerprint density at radius 1 is 1.16 bits per heavy atom. The number of halogens is 6. The molecule has 0 saturated heterocycles. The van der Waals surface area contributed by atoms with Crippen molar-refractivity contribution in [3.63, 3.8) is 0 Å². The number of aliphatic hydroxyl groups is 1. The van der Waals surface area contributed by atoms with Crippen LogP contribution in [0.25, 0.3) is 11.6 Å². The molecule has 0 radical (unpaired) electrons. The Kier molecular flexibility index (Phi) is 10.7. The van der Waals surface area contributed by atoms with Gasteiger partial charge in [-0.3, -0.25) is 5.32 Å². The number of rotatable bonds is 6. The molecule has 248 valence electrons. The first-order valence-electron chi connectivity index (χ1n) is 13.8. The van der Waals surface area contributed by atoms with E-state index in [1.807, 2.05) is 0 Å². The molecule has 0 aliphatic carbocycles. The smallest absolute Gasteiger partial charge is 0.426 e. The fourth-order valence-corrected chi connectivity index (χ4v) is 4.25. The first kappa shape index (κ1) is 35.6. The minimum absolute atomic E-state index is 0.0473. The van der Waals surface area contributed by atoms with Crippen LogP contribution in [0.15, 0.2) is 47.4 Å². The quantitative estimate of drug-likeness (QED) is 0.245. The summed E-state index contributed by atoms with van der Waals surface area (Å²) in [6.45, 7) is 12.3. The fourth-order valence-electron chi connectivity index (χ4n) is 4.25. The fraction of sp³-hybridized carbons (Fsp3) is 0.517. The molecule has 45 heavy (non-hydrogen) atoms. The Hall–Kier alpha value is -3.92. The number of allylic oxidation sites excluding steroid dienone is 2. The second-order valence-corrected chi connectivity index (χ2v) is 11.3. The number of nitrogens with zero attached hydrogens (tertiary/aromatic N) is 3. The first-order chi connectivity index (χ1) is 20.8. The largest absolute Gasteiger partial charge is 0.474 e. The molecule has 0 spiro atoms. The number of carbonyl (C=O) groups excluding carboxylic acids is 1. The van der Waals surface area contributed by atoms with Gasteiger partial charge in [0.25, 0.3) is 11.8 Å². The SMILES string of the molecule is C=C/C=C(\C=C)COC1(C(F)(F)F)CCC(O)CC[C@@H](C)Oc2nc(c(NC(=O)OC(C)(C)C)cc2C(F)(F)F)-c2nnc1o2. The van der Waals surface area contributed by atoms with Crippen molar-refractivity contribution >= 4 is 11.8 Å². The number of carbonyl (C=O) groups is 1. The Morgan fingerprint density at radius 2 is 1.84 bits per heavy atom. The van der Waals surface area contributed by atoms with Crippen LogP contribution in [0.2, 0.25) is 0 Å². The van der Waals surface area contributed by atoms with E-state index in [9.17, 15) is 36.2 Å². The number of alkyl halides is 6. The van der Waals surface area contributed by atoms with E-state index < -0.39 is 95.9 Å². The Morgan fingerprint density at radius 3 is 2.42 bits per heavy atom. The van der Waals surface area contributed by atoms with Gasteiger partial charge in [-0.2, -0.15) is 26.3 Å². The van der Waals surface area contributed by atoms with Crippen LogP contribution in [-0.4, -0.2) is 57.0 Å². The summed E-state index contributed by atoms with van der Waals surface area (Å²) >= 11 is 0. The standard InChI is InChI=1S/C29H34F6N4O6/c1-7-9-17(8-2)15-42-27(29(33,34)35)13-12-18(40)11-10-16(3)43-22-19(28(30,31)32)14-20(36-25(41)45-26(4,5)6)21(37-22)23-38-39-24(27)44-23/h7-9,14,16,18,40H,1-2,10-13,15H2,3-6H3,(H,36,41)/b17-9+/t16-,18?,27?/m1/s1. The normalized spacial score (nSPS) is 21.7. The molecule has 0 fully saturated rings. The zero-order valence-electron chi connectivity index (χ0n) is 25.0. The first-order valence-corrected chi connectivity index (χ1v) is 13.8. The van der Waals surface area contributed by atoms with Gasteiger partial charge in [-0.05, 0) is 65.0 Å². The molecule has 10 nitrogen and oxygen atoms in total. The van der Waals surface area contributed by atoms with Crippen LogP contribution in [0.3, 0.4) is 0 Å². The zero-order chi connectivity index (χ0) is 33.8. The summed E-state index contributed by atoms with van der Waals surface area (Å²) in [6.07, 6.45) is -11.3. The average molecular weight is 649 g/mol. The van der Waals surface area contributed by atoms with Crippen LogP contribution < -0.4 is 10.1 Å². The molecule has 3 heterocycles. The van der Waals surface area contributed by atoms with Crippen LogP contribution in [0.4, 0.5) is 36.8 Å². The van der Waals surface area contributed by atoms with E-state index in [0.717, 1.165) is 0 Å². The molecule has 1 aliphatic rings. The molecule has 2 N–H and O–H groups in total. The summed E-state index contributed by atoms with van der Waals surface area (Å²) in [7, 11) is 0. The topological polar surface area (TPSA) is 129 Å². The Labute approximate surface area is 255 Å². The van der Waals surface area contributed by atoms with E-state index in [1.165, 1.54) is 45.9 Å². The number of aliphatic hydroxyl groups excluding tert-OH is 1. The molecule has 3 rings (SSSR count). The van der Waals surface area contributed by atoms with Crippen LogP contribution in [0.5, 0.6) is 5.88 Å². The van der Waals surface area contributed by atoms with Gasteiger partial charge in [-0.25, -0.2) is 9.78 Å². The Bertz CT molecular complexity index is 1420. The van der Waals surface area contributed by atoms with Crippen molar-refractivity contribution in [1.82, 2.24) is 15.2 Å². The van der Waals surface area contributed by atoms with E-state index >= 15 is 0 Å². The van der Waals surface area contributed by atoms with Crippen LogP contribution in [0, 0.1) is 0 Å². The molecule has 0 saturated carbocycles. The number of amides is 1. The predicted octanol–water partition coefficient (Wildman–Crippen LogP) is 7.27. The number of pyridine rings is 1. The third-order valence-corrected chi connectivity index (χ3v) is 6.49. The van der Waals surface area contributed by atoms with Gasteiger partial charge in [-0.1, -0.05) is 31.4 Å². The summed E-state index contributed by atoms with van der Waals surface area (Å²) in [5.74, 6) is -2.87. The number of hydrogen-bond acceptors (Lipinski definition) is 9. The number of nitrogens with one attached hydrogen (secondary N) is 1. The van der Waals surface area contributed by atoms with Crippen molar-refractivity contribution in [2.24, 2.45) is 0 Å². The maximum absolute atomic E-state index is 14.9. The molecule has 2 unspecified atom stereocenters. The lowest BCUT2D eigenvalue weighted by Gasteiger charge is -2.33. The Balaban J connectivity index is 2.29. The number of ether oxygens (including phenoxy) is 3. The highest BCUT2D eigenvalue weighted by Crippen LogP contribution is 2.47. The average Bonchev–Trinajstić information content (AvgIpc) is 3.39. The van der Waals surface area contributed by atoms with Crippen molar-refractivity contribution in [2.45, 2.75) is 89.1 Å². The number of aromatic nitrogens is 3. The van der Waals surface area contributed by atoms with Gasteiger partial charge in [-0.15, -0.1) is 10.2 Å². The molecular weight excluding hydrogens is 614 g/mol. The highest BCUT2D eigenvalue weighted by atomic mass is 19.4. The second kappa shape index (κ2) is 13.6. The third-order valence-electron chi connectivity index (χ3n) is 6.49. The molecule has 1 amide bonds. The molecule has 3 atom stereocenters. The van der Waals surface area contributed by atoms with Crippen molar-refractivity contribution in [3.05, 3.63) is 54.5 Å². The molecule has 1 aliphatic heterocycles. The van der Waals surface area contributed by atoms with Gasteiger partial charge in [0, 0.05) is 0 Å². The molecule has 4 bridgehead atoms. The monoisotopic (exact) mass is 648 g/mol. The van der Waals surface area contributed by atoms with Crippen LogP contribution >= 0.6 is 0 Å². The van der Waals surface area contributed by atoms with Gasteiger partial charge >= 0.3 is 18.4 Å². The van der Waals surface area contributed by atoms with Gasteiger partial charge in [0.05, 0.1) is 24.5 Å². The second-order valence-electron chi connectivity index (χ2n) is 11.3. The molecule has 2 aromatic heterocycles. The van der Waals surface area contributed by atoms with Crippen LogP contribution in [-0.2, 0) is 21.3 Å². The lowest BCUT2D eigenvalue weighted by Crippen LogP contribution is -2.46. The molecule has 0 aromatic carbocycles. The van der Waals surface area contributed by atoms with Crippen molar-refractivity contribution < 1.29 is 54.9 Å². The number of hydrogen-bond donors (Lipinski definition) is 2. The summed E-state index contributed by atoms with van der Waals surface area (Å²) in [6, 6.07) is 0.475. The third kappa shape index (κ3) is 8.84. The zero-order valence-corrected chi connectivity index (χ0v) is 25.0. The van der Waals surface area contributed by atoms with E-state index in [0.29, 0.717) is 6.07 Å². The van der Waals surface area contributed by atoms with Gasteiger partial charge in [0.2, 0.25) is 11.5 Å². The van der Waals surface area contributed by atoms with Crippen LogP contribution in [0.1, 0.15) is 64.8 Å². The highest BCUT2D eigenvalue weighted by Gasteiger charge is 2.61. The van der Waals surface area contributed by atoms with E-state index in [1.54, 1.807) is 0 Å². The minimum Gasteiger partial charge on any atom is -0.474 e. The summed E-state index contributed by atoms with van der Waals surface area (Å²) in [4.78, 5) is 16.5. The lowest BCUT2D eigenvalue weighted by atomic mass is 9.92. The van der Waals surface area contributed by atoms with Crippen molar-refractivity contribution in [2.75, 3.05) is 11.9 Å². The molecule has 16 heteroatoms. The van der Waals surface area contributed by atoms with Gasteiger partial charge in [0.1, 0.15) is 11.2 Å². The van der Waals surface area contributed by atoms with E-state index in [4.69, 9.17) is 18.6 Å². The maximum Gasteiger partial charge on any atom is 0.426 e. The van der Waals surface area contributed by atoms with Gasteiger partial charge < -0.3 is 23.7 Å². The summed E-state index contributed by atoms with van der Waals surface area (Å²) in [5.41, 5.74) is -6.81. The minimum atomic E-state index is -5.19. The van der Waals surface area contributed by atoms with E-state index in [2.05, 4.69) is 33.7 Å². The predicted molar refractivity (Wildman–Crippen MR) is 149 cm³/mol. The highest BCUT2D eigenvalue weighted by molar-refractivity contribution is 5.89. The summed E-state index contributed by atoms with van der Waals surface area (Å²) in [5, 5.41) is 19.9. The maximum atomic E-state index is 14.9. The molecule has 2 aromatic rings.